The monoisotopic (exact) mass is 455 g/mol. The second-order valence-corrected chi connectivity index (χ2v) is 8.81. The first-order chi connectivity index (χ1) is 15.1. The molecule has 0 radical (unpaired) electrons. The van der Waals surface area contributed by atoms with Crippen LogP contribution in [-0.2, 0) is 21.3 Å². The third-order valence-electron chi connectivity index (χ3n) is 5.09. The highest BCUT2D eigenvalue weighted by Crippen LogP contribution is 2.26. The number of nitrogens with one attached hydrogen (secondary N) is 1. The standard InChI is InChI=1S/C23H25N3O5S/c1-4-31-23(28)21-15(2)20(16(3)26(21)14-17-8-6-5-7-9-17)22(27)25-18-10-12-19(13-11-18)32(24,29)30/h5-13H,4,14H2,1-3H3,(H,25,27)(H2,24,29,30). The molecule has 0 atom stereocenters. The smallest absolute Gasteiger partial charge is 0.355 e. The molecule has 168 valence electrons. The number of hydrogen-bond acceptors (Lipinski definition) is 5. The number of carbonyl (C=O) groups is 2. The molecule has 1 amide bonds. The summed E-state index contributed by atoms with van der Waals surface area (Å²) in [6.07, 6.45) is 0. The lowest BCUT2D eigenvalue weighted by Gasteiger charge is -2.12. The molecule has 3 rings (SSSR count). The summed E-state index contributed by atoms with van der Waals surface area (Å²) in [5.41, 5.74) is 3.18. The first-order valence-corrected chi connectivity index (χ1v) is 11.5. The number of ether oxygens (including phenoxy) is 1. The summed E-state index contributed by atoms with van der Waals surface area (Å²) in [6, 6.07) is 15.1. The van der Waals surface area contributed by atoms with Crippen LogP contribution in [0.2, 0.25) is 0 Å². The molecule has 1 aromatic heterocycles. The van der Waals surface area contributed by atoms with E-state index in [1.54, 1.807) is 25.3 Å². The van der Waals surface area contributed by atoms with E-state index in [9.17, 15) is 18.0 Å². The molecule has 3 N–H and O–H groups in total. The Labute approximate surface area is 187 Å². The molecule has 0 aliphatic carbocycles. The largest absolute Gasteiger partial charge is 0.461 e. The van der Waals surface area contributed by atoms with Gasteiger partial charge in [-0.1, -0.05) is 30.3 Å². The minimum atomic E-state index is -3.83. The SMILES string of the molecule is CCOC(=O)c1c(C)c(C(=O)Nc2ccc(S(N)(=O)=O)cc2)c(C)n1Cc1ccccc1. The van der Waals surface area contributed by atoms with E-state index in [-0.39, 0.29) is 11.5 Å². The van der Waals surface area contributed by atoms with Gasteiger partial charge in [-0.2, -0.15) is 0 Å². The van der Waals surface area contributed by atoms with Crippen LogP contribution >= 0.6 is 0 Å². The number of esters is 1. The average molecular weight is 456 g/mol. The van der Waals surface area contributed by atoms with Crippen molar-refractivity contribution in [2.45, 2.75) is 32.2 Å². The Hall–Kier alpha value is -3.43. The molecule has 0 aliphatic heterocycles. The van der Waals surface area contributed by atoms with Crippen molar-refractivity contribution in [1.29, 1.82) is 0 Å². The van der Waals surface area contributed by atoms with Crippen molar-refractivity contribution in [2.75, 3.05) is 11.9 Å². The number of nitrogens with zero attached hydrogens (tertiary/aromatic N) is 1. The van der Waals surface area contributed by atoms with Gasteiger partial charge >= 0.3 is 5.97 Å². The van der Waals surface area contributed by atoms with E-state index in [4.69, 9.17) is 9.88 Å². The summed E-state index contributed by atoms with van der Waals surface area (Å²) < 4.78 is 29.9. The summed E-state index contributed by atoms with van der Waals surface area (Å²) in [7, 11) is -3.83. The van der Waals surface area contributed by atoms with Crippen LogP contribution < -0.4 is 10.5 Å². The second-order valence-electron chi connectivity index (χ2n) is 7.25. The lowest BCUT2D eigenvalue weighted by molar-refractivity contribution is 0.0513. The fourth-order valence-corrected chi connectivity index (χ4v) is 4.09. The summed E-state index contributed by atoms with van der Waals surface area (Å²) in [4.78, 5) is 25.8. The van der Waals surface area contributed by atoms with E-state index >= 15 is 0 Å². The number of hydrogen-bond donors (Lipinski definition) is 2. The van der Waals surface area contributed by atoms with Crippen molar-refractivity contribution in [2.24, 2.45) is 5.14 Å². The summed E-state index contributed by atoms with van der Waals surface area (Å²) in [5, 5.41) is 7.87. The topological polar surface area (TPSA) is 120 Å². The van der Waals surface area contributed by atoms with Gasteiger partial charge in [0.2, 0.25) is 10.0 Å². The fraction of sp³-hybridized carbons (Fsp3) is 0.217. The van der Waals surface area contributed by atoms with E-state index in [1.807, 2.05) is 30.3 Å². The maximum atomic E-state index is 13.1. The van der Waals surface area contributed by atoms with Gasteiger partial charge in [-0.25, -0.2) is 18.4 Å². The van der Waals surface area contributed by atoms with Gasteiger partial charge in [0, 0.05) is 17.9 Å². The van der Waals surface area contributed by atoms with Crippen LogP contribution in [0.15, 0.2) is 59.5 Å². The van der Waals surface area contributed by atoms with Gasteiger partial charge in [0.15, 0.2) is 0 Å². The van der Waals surface area contributed by atoms with Crippen molar-refractivity contribution in [3.05, 3.63) is 82.7 Å². The van der Waals surface area contributed by atoms with E-state index in [0.717, 1.165) is 5.56 Å². The summed E-state index contributed by atoms with van der Waals surface area (Å²) in [5.74, 6) is -0.915. The zero-order valence-corrected chi connectivity index (χ0v) is 18.9. The van der Waals surface area contributed by atoms with Crippen LogP contribution in [0.25, 0.3) is 0 Å². The molecule has 0 spiro atoms. The first-order valence-electron chi connectivity index (χ1n) is 9.98. The highest BCUT2D eigenvalue weighted by molar-refractivity contribution is 7.89. The molecule has 3 aromatic rings. The lowest BCUT2D eigenvalue weighted by Crippen LogP contribution is -2.15. The van der Waals surface area contributed by atoms with Gasteiger partial charge in [-0.05, 0) is 56.2 Å². The molecule has 8 nitrogen and oxygen atoms in total. The Bertz CT molecular complexity index is 1250. The van der Waals surface area contributed by atoms with Crippen LogP contribution in [0.3, 0.4) is 0 Å². The number of rotatable bonds is 7. The van der Waals surface area contributed by atoms with E-state index in [0.29, 0.717) is 34.7 Å². The Balaban J connectivity index is 1.99. The molecule has 32 heavy (non-hydrogen) atoms. The van der Waals surface area contributed by atoms with E-state index in [1.165, 1.54) is 24.3 Å². The number of nitrogens with two attached hydrogens (primary N) is 1. The highest BCUT2D eigenvalue weighted by atomic mass is 32.2. The fourth-order valence-electron chi connectivity index (χ4n) is 3.58. The third-order valence-corrected chi connectivity index (χ3v) is 6.02. The maximum absolute atomic E-state index is 13.1. The number of anilines is 1. The number of amides is 1. The maximum Gasteiger partial charge on any atom is 0.355 e. The van der Waals surface area contributed by atoms with Gasteiger partial charge in [-0.3, -0.25) is 4.79 Å². The first kappa shape index (κ1) is 23.2. The van der Waals surface area contributed by atoms with Gasteiger partial charge in [0.25, 0.3) is 5.91 Å². The normalized spacial score (nSPS) is 11.2. The van der Waals surface area contributed by atoms with Gasteiger partial charge in [0.05, 0.1) is 17.1 Å². The van der Waals surface area contributed by atoms with Crippen molar-refractivity contribution in [3.63, 3.8) is 0 Å². The summed E-state index contributed by atoms with van der Waals surface area (Å²) in [6.45, 7) is 5.82. The molecule has 0 bridgehead atoms. The third kappa shape index (κ3) is 4.90. The molecule has 9 heteroatoms. The average Bonchev–Trinajstić information content (AvgIpc) is 2.98. The molecule has 0 saturated carbocycles. The molecule has 0 aliphatic rings. The van der Waals surface area contributed by atoms with Gasteiger partial charge < -0.3 is 14.6 Å². The molecular formula is C23H25N3O5S. The number of benzene rings is 2. The minimum Gasteiger partial charge on any atom is -0.461 e. The van der Waals surface area contributed by atoms with Crippen molar-refractivity contribution >= 4 is 27.6 Å². The van der Waals surface area contributed by atoms with E-state index < -0.39 is 21.9 Å². The molecule has 0 unspecified atom stereocenters. The van der Waals surface area contributed by atoms with Crippen LogP contribution in [0, 0.1) is 13.8 Å². The van der Waals surface area contributed by atoms with Crippen molar-refractivity contribution < 1.29 is 22.7 Å². The zero-order chi connectivity index (χ0) is 23.5. The van der Waals surface area contributed by atoms with Crippen molar-refractivity contribution in [1.82, 2.24) is 4.57 Å². The summed E-state index contributed by atoms with van der Waals surface area (Å²) >= 11 is 0. The molecule has 0 saturated heterocycles. The molecular weight excluding hydrogens is 430 g/mol. The van der Waals surface area contributed by atoms with E-state index in [2.05, 4.69) is 5.32 Å². The number of aromatic nitrogens is 1. The predicted molar refractivity (Wildman–Crippen MR) is 121 cm³/mol. The minimum absolute atomic E-state index is 0.0542. The molecule has 1 heterocycles. The Morgan fingerprint density at radius 3 is 2.22 bits per heavy atom. The van der Waals surface area contributed by atoms with Crippen molar-refractivity contribution in [3.8, 4) is 0 Å². The lowest BCUT2D eigenvalue weighted by atomic mass is 10.1. The molecule has 2 aromatic carbocycles. The number of carbonyl (C=O) groups excluding carboxylic acids is 2. The quantitative estimate of drug-likeness (QED) is 0.530. The number of sulfonamides is 1. The zero-order valence-electron chi connectivity index (χ0n) is 18.1. The predicted octanol–water partition coefficient (Wildman–Crippen LogP) is 3.23. The van der Waals surface area contributed by atoms with Crippen LogP contribution in [-0.4, -0.2) is 31.5 Å². The number of primary sulfonamides is 1. The Morgan fingerprint density at radius 1 is 1.03 bits per heavy atom. The van der Waals surface area contributed by atoms with Crippen LogP contribution in [0.5, 0.6) is 0 Å². The second kappa shape index (κ2) is 9.37. The Morgan fingerprint density at radius 2 is 1.66 bits per heavy atom. The molecule has 0 fully saturated rings. The van der Waals surface area contributed by atoms with Gasteiger partial charge in [-0.15, -0.1) is 0 Å². The highest BCUT2D eigenvalue weighted by Gasteiger charge is 2.27. The Kier molecular flexibility index (Phi) is 6.81. The van der Waals surface area contributed by atoms with Crippen LogP contribution in [0.4, 0.5) is 5.69 Å². The van der Waals surface area contributed by atoms with Gasteiger partial charge in [0.1, 0.15) is 5.69 Å². The van der Waals surface area contributed by atoms with Crippen LogP contribution in [0.1, 0.15) is 44.6 Å².